The lowest BCUT2D eigenvalue weighted by atomic mass is 10.4. The molecule has 0 heterocycles. The molecule has 3 aromatic rings. The van der Waals surface area contributed by atoms with E-state index in [0.717, 1.165) is 17.0 Å². The van der Waals surface area contributed by atoms with E-state index in [4.69, 9.17) is 0 Å². The van der Waals surface area contributed by atoms with Gasteiger partial charge in [0.1, 0.15) is 0 Å². The Morgan fingerprint density at radius 1 is 0.771 bits per heavy atom. The maximum absolute atomic E-state index is 15.2. The van der Waals surface area contributed by atoms with Crippen LogP contribution in [0, 0.1) is 0 Å². The fraction of sp³-hybridized carbons (Fsp3) is 0.290. The minimum absolute atomic E-state index is 0.681. The molecular weight excluding hydrogens is 464 g/mol. The van der Waals surface area contributed by atoms with Gasteiger partial charge in [-0.3, -0.25) is 4.57 Å². The highest BCUT2D eigenvalue weighted by Crippen LogP contribution is 2.65. The van der Waals surface area contributed by atoms with Crippen molar-refractivity contribution in [3.05, 3.63) is 115 Å². The fourth-order valence-corrected chi connectivity index (χ4v) is 10.6. The van der Waals surface area contributed by atoms with Gasteiger partial charge in [-0.05, 0) is 36.1 Å². The van der Waals surface area contributed by atoms with Gasteiger partial charge in [-0.1, -0.05) is 139 Å². The summed E-state index contributed by atoms with van der Waals surface area (Å²) in [7, 11) is -4.06. The molecule has 0 fully saturated rings. The molecule has 0 aromatic heterocycles. The molecule has 188 valence electrons. The van der Waals surface area contributed by atoms with Crippen molar-refractivity contribution in [1.29, 1.82) is 0 Å². The molecule has 0 spiro atoms. The van der Waals surface area contributed by atoms with Crippen LogP contribution in [-0.4, -0.2) is 11.0 Å². The van der Waals surface area contributed by atoms with Crippen LogP contribution >= 0.6 is 15.4 Å². The van der Waals surface area contributed by atoms with Gasteiger partial charge in [-0.15, -0.1) is 0 Å². The van der Waals surface area contributed by atoms with E-state index in [1.807, 2.05) is 89.2 Å². The summed E-state index contributed by atoms with van der Waals surface area (Å²) in [6, 6.07) is 31.0. The van der Waals surface area contributed by atoms with Gasteiger partial charge in [0.25, 0.3) is 0 Å². The summed E-state index contributed by atoms with van der Waals surface area (Å²) in [5.74, 6) is 0. The summed E-state index contributed by atoms with van der Waals surface area (Å²) in [5.41, 5.74) is 0. The van der Waals surface area contributed by atoms with E-state index in [1.165, 1.54) is 10.6 Å². The molecule has 0 amide bonds. The summed E-state index contributed by atoms with van der Waals surface area (Å²) in [5, 5.41) is 4.20. The summed E-state index contributed by atoms with van der Waals surface area (Å²) in [6.45, 7) is 14.9. The molecule has 3 aromatic carbocycles. The fourth-order valence-electron chi connectivity index (χ4n) is 3.74. The Balaban J connectivity index is 0.00000145. The molecule has 1 atom stereocenters. The van der Waals surface area contributed by atoms with Gasteiger partial charge < -0.3 is 0 Å². The molecule has 0 aliphatic rings. The Hall–Kier alpha value is -2.24. The van der Waals surface area contributed by atoms with Crippen molar-refractivity contribution in [3.8, 4) is 0 Å². The molecule has 0 aliphatic carbocycles. The van der Waals surface area contributed by atoms with Crippen molar-refractivity contribution in [2.24, 2.45) is 0 Å². The number of benzene rings is 3. The number of allylic oxidation sites excluding steroid dienone is 4. The molecule has 1 unspecified atom stereocenters. The Bertz CT molecular complexity index is 1010. The second-order valence-corrected chi connectivity index (χ2v) is 12.2. The minimum atomic E-state index is -3.08. The molecule has 4 heteroatoms. The molecule has 0 aliphatic heterocycles. The van der Waals surface area contributed by atoms with Crippen molar-refractivity contribution in [1.82, 2.24) is 4.44 Å². The third kappa shape index (κ3) is 7.88. The number of rotatable bonds is 9. The van der Waals surface area contributed by atoms with Gasteiger partial charge in [0.05, 0.1) is 0 Å². The standard InChI is InChI=1S/C27H31NOP2.2C2H6/c1-4-16-26(17-5-2)31(29,27-22-14-9-15-23-27)28(6-3)30(24-18-10-7-11-19-24)25-20-12-8-13-21-25;2*1-2/h4,7-23H,5-6H2,1-3H3;2*1-2H3/b16-4-,26-17+;;. The first-order chi connectivity index (χ1) is 17.2. The first-order valence-electron chi connectivity index (χ1n) is 12.8. The largest absolute Gasteiger partial charge is 0.296 e. The van der Waals surface area contributed by atoms with E-state index < -0.39 is 15.4 Å². The predicted molar refractivity (Wildman–Crippen MR) is 161 cm³/mol. The zero-order valence-corrected chi connectivity index (χ0v) is 24.3. The zero-order chi connectivity index (χ0) is 26.1. The molecule has 0 saturated carbocycles. The van der Waals surface area contributed by atoms with Crippen molar-refractivity contribution in [3.63, 3.8) is 0 Å². The van der Waals surface area contributed by atoms with E-state index in [0.29, 0.717) is 6.54 Å². The zero-order valence-electron chi connectivity index (χ0n) is 22.6. The Morgan fingerprint density at radius 3 is 1.57 bits per heavy atom. The van der Waals surface area contributed by atoms with Gasteiger partial charge >= 0.3 is 0 Å². The third-order valence-corrected chi connectivity index (χ3v) is 11.6. The predicted octanol–water partition coefficient (Wildman–Crippen LogP) is 8.88. The highest BCUT2D eigenvalue weighted by molar-refractivity contribution is 7.86. The first kappa shape index (κ1) is 30.8. The SMILES string of the molecule is C/C=C\C(=C/CC)P(=O)(c1ccccc1)N(CC)P(c1ccccc1)c1ccccc1.CC.CC. The Kier molecular flexibility index (Phi) is 15.2. The second-order valence-electron chi connectivity index (χ2n) is 7.12. The maximum atomic E-state index is 15.2. The lowest BCUT2D eigenvalue weighted by molar-refractivity contribution is 0.552. The topological polar surface area (TPSA) is 20.3 Å². The second kappa shape index (κ2) is 17.2. The average molecular weight is 508 g/mol. The van der Waals surface area contributed by atoms with Gasteiger partial charge in [0.15, 0.2) is 0 Å². The van der Waals surface area contributed by atoms with Gasteiger partial charge in [0, 0.05) is 25.2 Å². The van der Waals surface area contributed by atoms with E-state index >= 15 is 4.57 Å². The van der Waals surface area contributed by atoms with Gasteiger partial charge in [-0.25, -0.2) is 4.44 Å². The van der Waals surface area contributed by atoms with Crippen LogP contribution in [0.1, 0.15) is 54.9 Å². The molecule has 0 saturated heterocycles. The average Bonchev–Trinajstić information content (AvgIpc) is 2.94. The van der Waals surface area contributed by atoms with Gasteiger partial charge in [-0.2, -0.15) is 0 Å². The highest BCUT2D eigenvalue weighted by atomic mass is 31.2. The van der Waals surface area contributed by atoms with Crippen LogP contribution in [0.5, 0.6) is 0 Å². The van der Waals surface area contributed by atoms with Crippen LogP contribution in [0.15, 0.2) is 115 Å². The molecule has 35 heavy (non-hydrogen) atoms. The van der Waals surface area contributed by atoms with E-state index in [9.17, 15) is 0 Å². The molecule has 3 rings (SSSR count). The van der Waals surface area contributed by atoms with E-state index in [-0.39, 0.29) is 0 Å². The van der Waals surface area contributed by atoms with E-state index in [2.05, 4.69) is 72.9 Å². The molecule has 0 bridgehead atoms. The number of nitrogens with zero attached hydrogens (tertiary/aromatic N) is 1. The van der Waals surface area contributed by atoms with E-state index in [1.54, 1.807) is 0 Å². The maximum Gasteiger partial charge on any atom is 0.210 e. The quantitative estimate of drug-likeness (QED) is 0.213. The van der Waals surface area contributed by atoms with Crippen LogP contribution in [0.3, 0.4) is 0 Å². The van der Waals surface area contributed by atoms with Crippen molar-refractivity contribution in [2.75, 3.05) is 6.54 Å². The normalized spacial score (nSPS) is 13.0. The summed E-state index contributed by atoms with van der Waals surface area (Å²) in [4.78, 5) is 0. The number of hydrogen-bond acceptors (Lipinski definition) is 1. The lowest BCUT2D eigenvalue weighted by Gasteiger charge is -2.38. The van der Waals surface area contributed by atoms with Gasteiger partial charge in [0.2, 0.25) is 7.29 Å². The smallest absolute Gasteiger partial charge is 0.210 e. The van der Waals surface area contributed by atoms with Crippen molar-refractivity contribution in [2.45, 2.75) is 54.9 Å². The minimum Gasteiger partial charge on any atom is -0.296 e. The van der Waals surface area contributed by atoms with Crippen LogP contribution in [0.4, 0.5) is 0 Å². The molecule has 0 radical (unpaired) electrons. The van der Waals surface area contributed by atoms with Crippen LogP contribution < -0.4 is 15.9 Å². The lowest BCUT2D eigenvalue weighted by Crippen LogP contribution is -2.30. The molecule has 0 N–H and O–H groups in total. The van der Waals surface area contributed by atoms with Crippen molar-refractivity contribution >= 4 is 31.3 Å². The van der Waals surface area contributed by atoms with Crippen LogP contribution in [0.2, 0.25) is 0 Å². The summed E-state index contributed by atoms with van der Waals surface area (Å²) in [6.07, 6.45) is 6.99. The monoisotopic (exact) mass is 507 g/mol. The Morgan fingerprint density at radius 2 is 1.20 bits per heavy atom. The first-order valence-corrected chi connectivity index (χ1v) is 15.8. The summed E-state index contributed by atoms with van der Waals surface area (Å²) >= 11 is 0. The Labute approximate surface area is 216 Å². The van der Waals surface area contributed by atoms with Crippen molar-refractivity contribution < 1.29 is 4.57 Å². The molecule has 2 nitrogen and oxygen atoms in total. The summed E-state index contributed by atoms with van der Waals surface area (Å²) < 4.78 is 17.5. The molecular formula is C31H43NOP2. The third-order valence-electron chi connectivity index (χ3n) is 5.05. The van der Waals surface area contributed by atoms with Crippen LogP contribution in [-0.2, 0) is 4.57 Å². The van der Waals surface area contributed by atoms with Crippen LogP contribution in [0.25, 0.3) is 0 Å². The number of hydrogen-bond donors (Lipinski definition) is 0. The highest BCUT2D eigenvalue weighted by Gasteiger charge is 2.40.